The molecule has 0 fully saturated rings. The van der Waals surface area contributed by atoms with E-state index < -0.39 is 0 Å². The zero-order chi connectivity index (χ0) is 11.4. The van der Waals surface area contributed by atoms with Crippen molar-refractivity contribution in [1.29, 1.82) is 0 Å². The van der Waals surface area contributed by atoms with Crippen molar-refractivity contribution in [3.8, 4) is 0 Å². The van der Waals surface area contributed by atoms with Crippen molar-refractivity contribution in [3.63, 3.8) is 0 Å². The number of thioether (sulfide) groups is 1. The highest BCUT2D eigenvalue weighted by Crippen LogP contribution is 2.19. The van der Waals surface area contributed by atoms with Crippen LogP contribution in [0.15, 0.2) is 11.1 Å². The molecule has 0 aromatic carbocycles. The molecule has 0 spiro atoms. The Labute approximate surface area is 94.7 Å². The lowest BCUT2D eigenvalue weighted by atomic mass is 10.2. The molecule has 82 valence electrons. The van der Waals surface area contributed by atoms with Gasteiger partial charge in [0.1, 0.15) is 16.6 Å². The Morgan fingerprint density at radius 3 is 2.67 bits per heavy atom. The van der Waals surface area contributed by atoms with Gasteiger partial charge in [-0.3, -0.25) is 4.79 Å². The Morgan fingerprint density at radius 1 is 1.47 bits per heavy atom. The lowest BCUT2D eigenvalue weighted by Gasteiger charge is -2.07. The molecule has 15 heavy (non-hydrogen) atoms. The van der Waals surface area contributed by atoms with Crippen LogP contribution in [-0.2, 0) is 4.79 Å². The van der Waals surface area contributed by atoms with Gasteiger partial charge in [0.2, 0.25) is 0 Å². The number of aryl methyl sites for hydroxylation is 1. The van der Waals surface area contributed by atoms with Crippen LogP contribution >= 0.6 is 11.8 Å². The molecule has 1 heterocycles. The molecule has 0 saturated carbocycles. The quantitative estimate of drug-likeness (QED) is 0.582. The van der Waals surface area contributed by atoms with E-state index in [9.17, 15) is 4.79 Å². The summed E-state index contributed by atoms with van der Waals surface area (Å²) in [6, 6.07) is 1.92. The standard InChI is InChI=1S/C11H16N2OS/c1-7(2)11-12-8(3)5-10(13-11)15-6-9(4)14/h5,7H,6H2,1-4H3. The van der Waals surface area contributed by atoms with E-state index in [1.165, 1.54) is 11.8 Å². The topological polar surface area (TPSA) is 42.9 Å². The number of carbonyl (C=O) groups excluding carboxylic acids is 1. The Morgan fingerprint density at radius 2 is 2.13 bits per heavy atom. The molecular formula is C11H16N2OS. The van der Waals surface area contributed by atoms with E-state index in [1.807, 2.05) is 13.0 Å². The van der Waals surface area contributed by atoms with Crippen molar-refractivity contribution in [2.45, 2.75) is 38.6 Å². The summed E-state index contributed by atoms with van der Waals surface area (Å²) < 4.78 is 0. The molecule has 1 aromatic heterocycles. The molecule has 0 aliphatic heterocycles. The molecule has 3 nitrogen and oxygen atoms in total. The van der Waals surface area contributed by atoms with Gasteiger partial charge in [-0.1, -0.05) is 25.6 Å². The van der Waals surface area contributed by atoms with Crippen molar-refractivity contribution in [2.24, 2.45) is 0 Å². The highest BCUT2D eigenvalue weighted by Gasteiger charge is 2.07. The molecule has 0 bridgehead atoms. The second-order valence-corrected chi connectivity index (χ2v) is 4.85. The second kappa shape index (κ2) is 5.26. The van der Waals surface area contributed by atoms with Crippen LogP contribution in [0.1, 0.15) is 38.2 Å². The number of nitrogens with zero attached hydrogens (tertiary/aromatic N) is 2. The van der Waals surface area contributed by atoms with Gasteiger partial charge in [0.25, 0.3) is 0 Å². The number of ketones is 1. The molecule has 1 aromatic rings. The maximum absolute atomic E-state index is 10.9. The zero-order valence-electron chi connectivity index (χ0n) is 9.57. The summed E-state index contributed by atoms with van der Waals surface area (Å²) in [5.74, 6) is 1.82. The molecule has 4 heteroatoms. The highest BCUT2D eigenvalue weighted by molar-refractivity contribution is 7.99. The van der Waals surface area contributed by atoms with Gasteiger partial charge in [-0.05, 0) is 19.9 Å². The summed E-state index contributed by atoms with van der Waals surface area (Å²) >= 11 is 1.47. The van der Waals surface area contributed by atoms with Gasteiger partial charge in [-0.2, -0.15) is 0 Å². The van der Waals surface area contributed by atoms with E-state index in [0.29, 0.717) is 11.7 Å². The maximum atomic E-state index is 10.9. The Balaban J connectivity index is 2.84. The van der Waals surface area contributed by atoms with Crippen molar-refractivity contribution < 1.29 is 4.79 Å². The maximum Gasteiger partial charge on any atom is 0.140 e. The monoisotopic (exact) mass is 224 g/mol. The molecule has 0 amide bonds. The first-order valence-corrected chi connectivity index (χ1v) is 5.95. The van der Waals surface area contributed by atoms with Crippen LogP contribution in [0.4, 0.5) is 0 Å². The zero-order valence-corrected chi connectivity index (χ0v) is 10.4. The summed E-state index contributed by atoms with van der Waals surface area (Å²) in [6.07, 6.45) is 0. The third-order valence-corrected chi connectivity index (χ3v) is 2.84. The SMILES string of the molecule is CC(=O)CSc1cc(C)nc(C(C)C)n1. The normalized spacial score (nSPS) is 10.7. The van der Waals surface area contributed by atoms with Crippen LogP contribution < -0.4 is 0 Å². The molecule has 0 unspecified atom stereocenters. The van der Waals surface area contributed by atoms with Gasteiger partial charge >= 0.3 is 0 Å². The number of hydrogen-bond acceptors (Lipinski definition) is 4. The minimum absolute atomic E-state index is 0.169. The predicted octanol–water partition coefficient (Wildman–Crippen LogP) is 2.59. The van der Waals surface area contributed by atoms with Gasteiger partial charge in [0.05, 0.1) is 5.75 Å². The van der Waals surface area contributed by atoms with E-state index in [4.69, 9.17) is 0 Å². The van der Waals surface area contributed by atoms with Gasteiger partial charge in [0.15, 0.2) is 0 Å². The lowest BCUT2D eigenvalue weighted by Crippen LogP contribution is -2.01. The Hall–Kier alpha value is -0.900. The highest BCUT2D eigenvalue weighted by atomic mass is 32.2. The summed E-state index contributed by atoms with van der Waals surface area (Å²) in [6.45, 7) is 7.66. The van der Waals surface area contributed by atoms with Crippen LogP contribution in [0.25, 0.3) is 0 Å². The van der Waals surface area contributed by atoms with E-state index in [2.05, 4.69) is 23.8 Å². The lowest BCUT2D eigenvalue weighted by molar-refractivity contribution is -0.114. The van der Waals surface area contributed by atoms with Crippen LogP contribution in [0, 0.1) is 6.92 Å². The van der Waals surface area contributed by atoms with Crippen molar-refractivity contribution in [1.82, 2.24) is 9.97 Å². The fourth-order valence-corrected chi connectivity index (χ4v) is 1.83. The molecule has 0 aliphatic rings. The number of carbonyl (C=O) groups is 1. The van der Waals surface area contributed by atoms with E-state index >= 15 is 0 Å². The van der Waals surface area contributed by atoms with Crippen molar-refractivity contribution in [3.05, 3.63) is 17.6 Å². The second-order valence-electron chi connectivity index (χ2n) is 3.85. The fraction of sp³-hybridized carbons (Fsp3) is 0.545. The minimum Gasteiger partial charge on any atom is -0.299 e. The fourth-order valence-electron chi connectivity index (χ4n) is 1.07. The van der Waals surface area contributed by atoms with Crippen LogP contribution in [-0.4, -0.2) is 21.5 Å². The first kappa shape index (κ1) is 12.2. The third-order valence-electron chi connectivity index (χ3n) is 1.79. The number of Topliss-reactive ketones (excluding diaryl/α,β-unsaturated/α-hetero) is 1. The van der Waals surface area contributed by atoms with Crippen LogP contribution in [0.5, 0.6) is 0 Å². The number of aromatic nitrogens is 2. The molecular weight excluding hydrogens is 208 g/mol. The van der Waals surface area contributed by atoms with Gasteiger partial charge in [-0.25, -0.2) is 9.97 Å². The molecule has 1 rings (SSSR count). The molecule has 0 N–H and O–H groups in total. The molecule has 0 radical (unpaired) electrons. The van der Waals surface area contributed by atoms with Gasteiger partial charge < -0.3 is 0 Å². The van der Waals surface area contributed by atoms with Crippen molar-refractivity contribution >= 4 is 17.5 Å². The third kappa shape index (κ3) is 4.00. The smallest absolute Gasteiger partial charge is 0.140 e. The Bertz CT molecular complexity index is 364. The van der Waals surface area contributed by atoms with Gasteiger partial charge in [0, 0.05) is 11.6 Å². The van der Waals surface area contributed by atoms with Gasteiger partial charge in [-0.15, -0.1) is 0 Å². The average Bonchev–Trinajstić information content (AvgIpc) is 2.13. The summed E-state index contributed by atoms with van der Waals surface area (Å²) in [4.78, 5) is 19.6. The summed E-state index contributed by atoms with van der Waals surface area (Å²) in [7, 11) is 0. The molecule has 0 atom stereocenters. The first-order valence-electron chi connectivity index (χ1n) is 4.97. The first-order chi connectivity index (χ1) is 6.99. The summed E-state index contributed by atoms with van der Waals surface area (Å²) in [5, 5.41) is 0.890. The van der Waals surface area contributed by atoms with Crippen molar-refractivity contribution in [2.75, 3.05) is 5.75 Å². The van der Waals surface area contributed by atoms with E-state index in [-0.39, 0.29) is 5.78 Å². The summed E-state index contributed by atoms with van der Waals surface area (Å²) in [5.41, 5.74) is 0.958. The molecule has 0 saturated heterocycles. The largest absolute Gasteiger partial charge is 0.299 e. The minimum atomic E-state index is 0.169. The average molecular weight is 224 g/mol. The predicted molar refractivity (Wildman–Crippen MR) is 62.3 cm³/mol. The Kier molecular flexibility index (Phi) is 4.27. The van der Waals surface area contributed by atoms with E-state index in [0.717, 1.165) is 16.5 Å². The van der Waals surface area contributed by atoms with E-state index in [1.54, 1.807) is 6.92 Å². The van der Waals surface area contributed by atoms with Crippen LogP contribution in [0.2, 0.25) is 0 Å². The van der Waals surface area contributed by atoms with Crippen LogP contribution in [0.3, 0.4) is 0 Å². The number of hydrogen-bond donors (Lipinski definition) is 0. The molecule has 0 aliphatic carbocycles. The number of rotatable bonds is 4.